The van der Waals surface area contributed by atoms with Crippen LogP contribution in [0.3, 0.4) is 0 Å². The lowest BCUT2D eigenvalue weighted by molar-refractivity contribution is -0.384. The van der Waals surface area contributed by atoms with Crippen LogP contribution in [0.15, 0.2) is 18.5 Å². The summed E-state index contributed by atoms with van der Waals surface area (Å²) in [5, 5.41) is 11.5. The molecule has 0 radical (unpaired) electrons. The normalized spacial score (nSPS) is 19.3. The molecule has 178 valence electrons. The third-order valence-electron chi connectivity index (χ3n) is 4.65. The second-order valence-electron chi connectivity index (χ2n) is 9.53. The lowest BCUT2D eigenvalue weighted by Gasteiger charge is -2.43. The highest BCUT2D eigenvalue weighted by Gasteiger charge is 2.44. The van der Waals surface area contributed by atoms with Crippen molar-refractivity contribution in [2.75, 3.05) is 25.1 Å². The SMILES string of the molecule is CO[C@@H]1CCN(c2ccncc2[N+](=O)[O-])C[C@H]1N(C(=O)OC(C)(C)C)C(=O)OC(C)(C)C. The van der Waals surface area contributed by atoms with Gasteiger partial charge in [-0.2, -0.15) is 0 Å². The average Bonchev–Trinajstić information content (AvgIpc) is 2.65. The summed E-state index contributed by atoms with van der Waals surface area (Å²) in [5.41, 5.74) is -1.52. The molecule has 1 aliphatic heterocycles. The monoisotopic (exact) mass is 452 g/mol. The van der Waals surface area contributed by atoms with Gasteiger partial charge in [0.15, 0.2) is 0 Å². The lowest BCUT2D eigenvalue weighted by Crippen LogP contribution is -2.60. The number of piperidine rings is 1. The van der Waals surface area contributed by atoms with E-state index in [2.05, 4.69) is 4.98 Å². The zero-order valence-electron chi connectivity index (χ0n) is 19.7. The molecular weight excluding hydrogens is 420 g/mol. The van der Waals surface area contributed by atoms with Gasteiger partial charge < -0.3 is 19.1 Å². The van der Waals surface area contributed by atoms with E-state index in [1.807, 2.05) is 0 Å². The van der Waals surface area contributed by atoms with Gasteiger partial charge in [0.1, 0.15) is 23.1 Å². The van der Waals surface area contributed by atoms with Crippen molar-refractivity contribution in [3.63, 3.8) is 0 Å². The maximum atomic E-state index is 13.1. The van der Waals surface area contributed by atoms with Crippen LogP contribution in [0.1, 0.15) is 48.0 Å². The standard InChI is InChI=1S/C21H32N4O7/c1-20(2,3)31-18(26)24(19(27)32-21(4,5)6)16-13-23(11-9-17(16)30-7)14-8-10-22-12-15(14)25(28)29/h8,10,12,16-17H,9,11,13H2,1-7H3/t16-,17-/m1/s1. The summed E-state index contributed by atoms with van der Waals surface area (Å²) < 4.78 is 16.5. The summed E-state index contributed by atoms with van der Waals surface area (Å²) in [5.74, 6) is 0. The van der Waals surface area contributed by atoms with Crippen molar-refractivity contribution in [1.29, 1.82) is 0 Å². The molecule has 1 aromatic rings. The zero-order chi connectivity index (χ0) is 24.3. The summed E-state index contributed by atoms with van der Waals surface area (Å²) >= 11 is 0. The highest BCUT2D eigenvalue weighted by molar-refractivity contribution is 5.89. The highest BCUT2D eigenvalue weighted by Crippen LogP contribution is 2.32. The van der Waals surface area contributed by atoms with Gasteiger partial charge in [0.2, 0.25) is 0 Å². The van der Waals surface area contributed by atoms with Gasteiger partial charge in [-0.3, -0.25) is 15.1 Å². The Morgan fingerprint density at radius 2 is 1.72 bits per heavy atom. The molecule has 1 saturated heterocycles. The Balaban J connectivity index is 2.45. The Labute approximate surface area is 187 Å². The minimum Gasteiger partial charge on any atom is -0.443 e. The number of carbonyl (C=O) groups is 2. The van der Waals surface area contributed by atoms with Gasteiger partial charge in [-0.25, -0.2) is 14.5 Å². The number of hydrogen-bond donors (Lipinski definition) is 0. The number of nitrogens with zero attached hydrogens (tertiary/aromatic N) is 4. The number of amides is 2. The molecule has 0 saturated carbocycles. The fourth-order valence-corrected chi connectivity index (χ4v) is 3.41. The number of nitro groups is 1. The Bertz CT molecular complexity index is 819. The molecule has 1 fully saturated rings. The molecule has 0 N–H and O–H groups in total. The molecule has 11 heteroatoms. The topological polar surface area (TPSA) is 124 Å². The fourth-order valence-electron chi connectivity index (χ4n) is 3.41. The number of anilines is 1. The van der Waals surface area contributed by atoms with Crippen molar-refractivity contribution in [3.8, 4) is 0 Å². The summed E-state index contributed by atoms with van der Waals surface area (Å²) in [4.78, 5) is 43.6. The van der Waals surface area contributed by atoms with E-state index in [1.165, 1.54) is 25.6 Å². The van der Waals surface area contributed by atoms with Gasteiger partial charge in [-0.05, 0) is 54.0 Å². The van der Waals surface area contributed by atoms with Gasteiger partial charge in [0, 0.05) is 26.4 Å². The van der Waals surface area contributed by atoms with E-state index in [-0.39, 0.29) is 12.2 Å². The first kappa shape index (κ1) is 25.3. The van der Waals surface area contributed by atoms with Crippen LogP contribution < -0.4 is 4.90 Å². The Morgan fingerprint density at radius 3 is 2.19 bits per heavy atom. The van der Waals surface area contributed by atoms with Crippen molar-refractivity contribution in [3.05, 3.63) is 28.6 Å². The highest BCUT2D eigenvalue weighted by atomic mass is 16.6. The predicted octanol–water partition coefficient (Wildman–Crippen LogP) is 3.76. The Hall–Kier alpha value is -2.95. The van der Waals surface area contributed by atoms with E-state index in [1.54, 1.807) is 46.4 Å². The van der Waals surface area contributed by atoms with Crippen molar-refractivity contribution in [2.45, 2.75) is 71.3 Å². The number of imide groups is 1. The van der Waals surface area contributed by atoms with Gasteiger partial charge in [0.05, 0.1) is 17.1 Å². The van der Waals surface area contributed by atoms with Crippen LogP contribution in [-0.2, 0) is 14.2 Å². The second-order valence-corrected chi connectivity index (χ2v) is 9.53. The quantitative estimate of drug-likeness (QED) is 0.496. The first-order valence-corrected chi connectivity index (χ1v) is 10.3. The van der Waals surface area contributed by atoms with Crippen LogP contribution in [-0.4, -0.2) is 70.5 Å². The first-order valence-electron chi connectivity index (χ1n) is 10.3. The van der Waals surface area contributed by atoms with Gasteiger partial charge >= 0.3 is 17.9 Å². The minimum absolute atomic E-state index is 0.0991. The smallest absolute Gasteiger partial charge is 0.420 e. The summed E-state index contributed by atoms with van der Waals surface area (Å²) in [6.07, 6.45) is 0.802. The van der Waals surface area contributed by atoms with Crippen molar-refractivity contribution >= 4 is 23.6 Å². The van der Waals surface area contributed by atoms with E-state index < -0.39 is 40.5 Å². The molecule has 2 rings (SSSR count). The average molecular weight is 453 g/mol. The number of aromatic nitrogens is 1. The number of ether oxygens (including phenoxy) is 3. The van der Waals surface area contributed by atoms with Crippen LogP contribution in [0.5, 0.6) is 0 Å². The molecule has 32 heavy (non-hydrogen) atoms. The van der Waals surface area contributed by atoms with Crippen LogP contribution in [0.2, 0.25) is 0 Å². The Kier molecular flexibility index (Phi) is 7.66. The number of carbonyl (C=O) groups excluding carboxylic acids is 2. The molecular formula is C21H32N4O7. The molecule has 2 amide bonds. The summed E-state index contributed by atoms with van der Waals surface area (Å²) in [6, 6.07) is 0.736. The van der Waals surface area contributed by atoms with E-state index in [4.69, 9.17) is 14.2 Å². The summed E-state index contributed by atoms with van der Waals surface area (Å²) in [6.45, 7) is 10.7. The van der Waals surface area contributed by atoms with Crippen molar-refractivity contribution in [1.82, 2.24) is 9.88 Å². The van der Waals surface area contributed by atoms with Crippen LogP contribution in [0.25, 0.3) is 0 Å². The minimum atomic E-state index is -0.870. The van der Waals surface area contributed by atoms with Crippen LogP contribution in [0, 0.1) is 10.1 Å². The zero-order valence-corrected chi connectivity index (χ0v) is 19.7. The number of pyridine rings is 1. The fraction of sp³-hybridized carbons (Fsp3) is 0.667. The molecule has 2 atom stereocenters. The maximum absolute atomic E-state index is 13.1. The molecule has 0 spiro atoms. The first-order chi connectivity index (χ1) is 14.7. The summed E-state index contributed by atoms with van der Waals surface area (Å²) in [7, 11) is 1.49. The van der Waals surface area contributed by atoms with E-state index in [0.29, 0.717) is 18.7 Å². The van der Waals surface area contributed by atoms with Crippen LogP contribution >= 0.6 is 0 Å². The number of hydrogen-bond acceptors (Lipinski definition) is 9. The third kappa shape index (κ3) is 6.52. The van der Waals surface area contributed by atoms with Gasteiger partial charge in [-0.15, -0.1) is 0 Å². The van der Waals surface area contributed by atoms with E-state index in [9.17, 15) is 19.7 Å². The van der Waals surface area contributed by atoms with E-state index in [0.717, 1.165) is 4.90 Å². The second kappa shape index (κ2) is 9.68. The van der Waals surface area contributed by atoms with Gasteiger partial charge in [-0.1, -0.05) is 0 Å². The molecule has 11 nitrogen and oxygen atoms in total. The molecule has 0 aliphatic carbocycles. The number of methoxy groups -OCH3 is 1. The van der Waals surface area contributed by atoms with Crippen LogP contribution in [0.4, 0.5) is 21.0 Å². The largest absolute Gasteiger partial charge is 0.443 e. The van der Waals surface area contributed by atoms with Gasteiger partial charge in [0.25, 0.3) is 0 Å². The molecule has 0 aromatic carbocycles. The maximum Gasteiger partial charge on any atom is 0.420 e. The molecule has 1 aliphatic rings. The lowest BCUT2D eigenvalue weighted by atomic mass is 10.00. The molecule has 2 heterocycles. The van der Waals surface area contributed by atoms with E-state index >= 15 is 0 Å². The number of rotatable bonds is 4. The third-order valence-corrected chi connectivity index (χ3v) is 4.65. The molecule has 1 aromatic heterocycles. The van der Waals surface area contributed by atoms with Crippen molar-refractivity contribution in [2.24, 2.45) is 0 Å². The van der Waals surface area contributed by atoms with Crippen molar-refractivity contribution < 1.29 is 28.7 Å². The molecule has 0 bridgehead atoms. The molecule has 0 unspecified atom stereocenters. The predicted molar refractivity (Wildman–Crippen MR) is 117 cm³/mol. The Morgan fingerprint density at radius 1 is 1.16 bits per heavy atom.